The zero-order chi connectivity index (χ0) is 16.0. The molecule has 0 spiro atoms. The highest BCUT2D eigenvalue weighted by Gasteiger charge is 2.54. The summed E-state index contributed by atoms with van der Waals surface area (Å²) in [6.07, 6.45) is 8.17. The SMILES string of the molecule is CC(C)n1nnnc1CCNC(=O)C12CC3CC(CC(C3)C1)C2. The van der Waals surface area contributed by atoms with E-state index in [1.807, 2.05) is 4.68 Å². The van der Waals surface area contributed by atoms with E-state index in [-0.39, 0.29) is 11.5 Å². The third-order valence-electron chi connectivity index (χ3n) is 6.20. The van der Waals surface area contributed by atoms with Gasteiger partial charge in [0, 0.05) is 18.4 Å². The van der Waals surface area contributed by atoms with Crippen LogP contribution in [-0.4, -0.2) is 32.7 Å². The standard InChI is InChI=1S/C17H27N5O/c1-11(2)22-15(19-20-21-22)3-4-18-16(23)17-8-12-5-13(9-17)7-14(6-12)10-17/h11-14H,3-10H2,1-2H3,(H,18,23). The van der Waals surface area contributed by atoms with Gasteiger partial charge in [0.1, 0.15) is 0 Å². The Morgan fingerprint density at radius 2 is 1.83 bits per heavy atom. The molecule has 0 saturated heterocycles. The Labute approximate surface area is 137 Å². The van der Waals surface area contributed by atoms with E-state index in [0.717, 1.165) is 42.8 Å². The van der Waals surface area contributed by atoms with Crippen LogP contribution >= 0.6 is 0 Å². The summed E-state index contributed by atoms with van der Waals surface area (Å²) in [4.78, 5) is 12.9. The molecule has 1 heterocycles. The molecule has 5 rings (SSSR count). The number of hydrogen-bond donors (Lipinski definition) is 1. The van der Waals surface area contributed by atoms with Gasteiger partial charge in [-0.1, -0.05) is 0 Å². The van der Waals surface area contributed by atoms with Gasteiger partial charge in [-0.15, -0.1) is 5.10 Å². The van der Waals surface area contributed by atoms with Gasteiger partial charge in [-0.25, -0.2) is 4.68 Å². The lowest BCUT2D eigenvalue weighted by molar-refractivity contribution is -0.146. The highest BCUT2D eigenvalue weighted by atomic mass is 16.2. The van der Waals surface area contributed by atoms with Crippen molar-refractivity contribution in [2.75, 3.05) is 6.54 Å². The number of carbonyl (C=O) groups is 1. The minimum absolute atomic E-state index is 0.0568. The van der Waals surface area contributed by atoms with Crippen molar-refractivity contribution < 1.29 is 4.79 Å². The number of amides is 1. The van der Waals surface area contributed by atoms with Gasteiger partial charge in [-0.05, 0) is 80.6 Å². The molecule has 1 aromatic rings. The van der Waals surface area contributed by atoms with E-state index in [9.17, 15) is 4.79 Å². The van der Waals surface area contributed by atoms with E-state index in [4.69, 9.17) is 0 Å². The van der Waals surface area contributed by atoms with Crippen LogP contribution < -0.4 is 5.32 Å². The molecule has 0 atom stereocenters. The second-order valence-electron chi connectivity index (χ2n) is 8.34. The first kappa shape index (κ1) is 15.1. The normalized spacial score (nSPS) is 35.0. The van der Waals surface area contributed by atoms with Crippen LogP contribution in [0.25, 0.3) is 0 Å². The van der Waals surface area contributed by atoms with Gasteiger partial charge in [0.05, 0.1) is 6.04 Å². The molecule has 0 radical (unpaired) electrons. The summed E-state index contributed by atoms with van der Waals surface area (Å²) in [5.41, 5.74) is -0.0568. The quantitative estimate of drug-likeness (QED) is 0.903. The van der Waals surface area contributed by atoms with Crippen LogP contribution in [0.1, 0.15) is 64.2 Å². The van der Waals surface area contributed by atoms with E-state index in [1.165, 1.54) is 19.3 Å². The Balaban J connectivity index is 1.36. The molecular formula is C17H27N5O. The van der Waals surface area contributed by atoms with Gasteiger partial charge in [-0.3, -0.25) is 4.79 Å². The Morgan fingerprint density at radius 1 is 1.22 bits per heavy atom. The van der Waals surface area contributed by atoms with Crippen molar-refractivity contribution in [1.29, 1.82) is 0 Å². The van der Waals surface area contributed by atoms with E-state index < -0.39 is 0 Å². The van der Waals surface area contributed by atoms with Crippen molar-refractivity contribution in [2.45, 2.75) is 64.8 Å². The molecule has 4 fully saturated rings. The molecule has 1 amide bonds. The smallest absolute Gasteiger partial charge is 0.226 e. The molecule has 23 heavy (non-hydrogen) atoms. The van der Waals surface area contributed by atoms with Crippen molar-refractivity contribution >= 4 is 5.91 Å². The first-order chi connectivity index (χ1) is 11.1. The van der Waals surface area contributed by atoms with Crippen LogP contribution in [0.5, 0.6) is 0 Å². The molecule has 0 aliphatic heterocycles. The lowest BCUT2D eigenvalue weighted by atomic mass is 9.49. The molecule has 4 aliphatic rings. The number of nitrogens with one attached hydrogen (secondary N) is 1. The third kappa shape index (κ3) is 2.66. The van der Waals surface area contributed by atoms with E-state index >= 15 is 0 Å². The molecule has 1 N–H and O–H groups in total. The third-order valence-corrected chi connectivity index (χ3v) is 6.20. The Kier molecular flexibility index (Phi) is 3.65. The number of nitrogens with zero attached hydrogens (tertiary/aromatic N) is 4. The van der Waals surface area contributed by atoms with Gasteiger partial charge in [-0.2, -0.15) is 0 Å². The summed E-state index contributed by atoms with van der Waals surface area (Å²) < 4.78 is 1.83. The predicted molar refractivity (Wildman–Crippen MR) is 85.5 cm³/mol. The van der Waals surface area contributed by atoms with E-state index in [2.05, 4.69) is 34.7 Å². The fourth-order valence-electron chi connectivity index (χ4n) is 5.64. The largest absolute Gasteiger partial charge is 0.355 e. The topological polar surface area (TPSA) is 72.7 Å². The summed E-state index contributed by atoms with van der Waals surface area (Å²) in [6, 6.07) is 0.249. The molecule has 6 heteroatoms. The first-order valence-corrected chi connectivity index (χ1v) is 9.11. The Morgan fingerprint density at radius 3 is 2.39 bits per heavy atom. The van der Waals surface area contributed by atoms with Gasteiger partial charge in [0.2, 0.25) is 5.91 Å². The lowest BCUT2D eigenvalue weighted by Gasteiger charge is -2.55. The minimum atomic E-state index is -0.0568. The van der Waals surface area contributed by atoms with Crippen LogP contribution in [-0.2, 0) is 11.2 Å². The number of rotatable bonds is 5. The number of hydrogen-bond acceptors (Lipinski definition) is 4. The van der Waals surface area contributed by atoms with Crippen molar-refractivity contribution in [3.63, 3.8) is 0 Å². The Bertz CT molecular complexity index is 558. The van der Waals surface area contributed by atoms with Gasteiger partial charge >= 0.3 is 0 Å². The van der Waals surface area contributed by atoms with E-state index in [0.29, 0.717) is 18.9 Å². The predicted octanol–water partition coefficient (Wildman–Crippen LogP) is 2.13. The second-order valence-corrected chi connectivity index (χ2v) is 8.34. The van der Waals surface area contributed by atoms with Crippen LogP contribution in [0.2, 0.25) is 0 Å². The average Bonchev–Trinajstić information content (AvgIpc) is 2.94. The van der Waals surface area contributed by atoms with Gasteiger partial charge in [0.15, 0.2) is 5.82 Å². The van der Waals surface area contributed by atoms with Crippen molar-refractivity contribution in [3.05, 3.63) is 5.82 Å². The minimum Gasteiger partial charge on any atom is -0.355 e. The second kappa shape index (κ2) is 5.56. The molecule has 126 valence electrons. The van der Waals surface area contributed by atoms with Crippen molar-refractivity contribution in [2.24, 2.45) is 23.2 Å². The molecular weight excluding hydrogens is 290 g/mol. The van der Waals surface area contributed by atoms with Crippen LogP contribution in [0.15, 0.2) is 0 Å². The maximum absolute atomic E-state index is 12.9. The monoisotopic (exact) mass is 317 g/mol. The van der Waals surface area contributed by atoms with E-state index in [1.54, 1.807) is 0 Å². The fourth-order valence-corrected chi connectivity index (χ4v) is 5.64. The molecule has 4 saturated carbocycles. The molecule has 4 aliphatic carbocycles. The zero-order valence-electron chi connectivity index (χ0n) is 14.2. The number of aromatic nitrogens is 4. The van der Waals surface area contributed by atoms with Crippen LogP contribution in [0.3, 0.4) is 0 Å². The molecule has 0 unspecified atom stereocenters. The maximum Gasteiger partial charge on any atom is 0.226 e. The van der Waals surface area contributed by atoms with Gasteiger partial charge in [0.25, 0.3) is 0 Å². The Hall–Kier alpha value is -1.46. The fraction of sp³-hybridized carbons (Fsp3) is 0.882. The zero-order valence-corrected chi connectivity index (χ0v) is 14.2. The summed E-state index contributed by atoms with van der Waals surface area (Å²) in [6.45, 7) is 4.76. The highest BCUT2D eigenvalue weighted by molar-refractivity contribution is 5.83. The number of carbonyl (C=O) groups excluding carboxylic acids is 1. The molecule has 1 aromatic heterocycles. The van der Waals surface area contributed by atoms with Crippen molar-refractivity contribution in [1.82, 2.24) is 25.5 Å². The van der Waals surface area contributed by atoms with Gasteiger partial charge < -0.3 is 5.32 Å². The summed E-state index contributed by atoms with van der Waals surface area (Å²) in [5.74, 6) is 3.56. The van der Waals surface area contributed by atoms with Crippen molar-refractivity contribution in [3.8, 4) is 0 Å². The summed E-state index contributed by atoms with van der Waals surface area (Å²) in [7, 11) is 0. The molecule has 4 bridgehead atoms. The average molecular weight is 317 g/mol. The maximum atomic E-state index is 12.9. The van der Waals surface area contributed by atoms with Crippen LogP contribution in [0.4, 0.5) is 0 Å². The highest BCUT2D eigenvalue weighted by Crippen LogP contribution is 2.60. The summed E-state index contributed by atoms with van der Waals surface area (Å²) >= 11 is 0. The van der Waals surface area contributed by atoms with Crippen LogP contribution in [0, 0.1) is 23.2 Å². The lowest BCUT2D eigenvalue weighted by Crippen LogP contribution is -2.53. The molecule has 6 nitrogen and oxygen atoms in total. The first-order valence-electron chi connectivity index (χ1n) is 9.11. The summed E-state index contributed by atoms with van der Waals surface area (Å²) in [5, 5.41) is 15.0. The molecule has 0 aromatic carbocycles. The number of tetrazole rings is 1.